The van der Waals surface area contributed by atoms with Crippen molar-refractivity contribution in [3.63, 3.8) is 0 Å². The number of carbonyl (C=O) groups excluding carboxylic acids is 1. The van der Waals surface area contributed by atoms with Crippen LogP contribution in [0.3, 0.4) is 0 Å². The highest BCUT2D eigenvalue weighted by Gasteiger charge is 2.26. The van der Waals surface area contributed by atoms with E-state index in [-0.39, 0.29) is 17.6 Å². The van der Waals surface area contributed by atoms with Gasteiger partial charge in [-0.1, -0.05) is 5.16 Å². The van der Waals surface area contributed by atoms with E-state index in [0.717, 1.165) is 25.8 Å². The van der Waals surface area contributed by atoms with Gasteiger partial charge in [0, 0.05) is 31.9 Å². The fourth-order valence-corrected chi connectivity index (χ4v) is 3.31. The third kappa shape index (κ3) is 5.84. The number of rotatable bonds is 9. The minimum atomic E-state index is -0.303. The highest BCUT2D eigenvalue weighted by Crippen LogP contribution is 2.20. The Balaban J connectivity index is 1.48. The SMILES string of the molecule is CCOCCCNC(=O)C1CCCN(Cc2nc(-c3ccc(F)cc3)no2)C1. The molecule has 1 aliphatic heterocycles. The zero-order valence-electron chi connectivity index (χ0n) is 16.2. The van der Waals surface area contributed by atoms with Gasteiger partial charge in [-0.3, -0.25) is 9.69 Å². The number of nitrogens with zero attached hydrogens (tertiary/aromatic N) is 3. The van der Waals surface area contributed by atoms with E-state index in [4.69, 9.17) is 9.26 Å². The predicted molar refractivity (Wildman–Crippen MR) is 102 cm³/mol. The molecule has 1 saturated heterocycles. The third-order valence-electron chi connectivity index (χ3n) is 4.77. The molecule has 1 fully saturated rings. The third-order valence-corrected chi connectivity index (χ3v) is 4.77. The summed E-state index contributed by atoms with van der Waals surface area (Å²) in [6.45, 7) is 6.03. The van der Waals surface area contributed by atoms with Gasteiger partial charge in [0.2, 0.25) is 17.6 Å². The molecule has 0 aliphatic carbocycles. The second-order valence-electron chi connectivity index (χ2n) is 6.93. The zero-order chi connectivity index (χ0) is 19.8. The normalized spacial score (nSPS) is 17.6. The summed E-state index contributed by atoms with van der Waals surface area (Å²) in [5, 5.41) is 6.97. The van der Waals surface area contributed by atoms with E-state index in [1.54, 1.807) is 12.1 Å². The monoisotopic (exact) mass is 390 g/mol. The number of amides is 1. The number of likely N-dealkylation sites (tertiary alicyclic amines) is 1. The van der Waals surface area contributed by atoms with Crippen molar-refractivity contribution in [2.45, 2.75) is 32.7 Å². The van der Waals surface area contributed by atoms with Crippen LogP contribution in [0.25, 0.3) is 11.4 Å². The van der Waals surface area contributed by atoms with Gasteiger partial charge in [0.1, 0.15) is 5.82 Å². The minimum Gasteiger partial charge on any atom is -0.382 e. The number of ether oxygens (including phenoxy) is 1. The number of piperidine rings is 1. The lowest BCUT2D eigenvalue weighted by Crippen LogP contribution is -2.43. The van der Waals surface area contributed by atoms with Crippen molar-refractivity contribution in [2.75, 3.05) is 32.8 Å². The largest absolute Gasteiger partial charge is 0.382 e. The summed E-state index contributed by atoms with van der Waals surface area (Å²) in [5.74, 6) is 0.703. The van der Waals surface area contributed by atoms with E-state index in [1.807, 2.05) is 6.92 Å². The summed E-state index contributed by atoms with van der Waals surface area (Å²) < 4.78 is 23.7. The van der Waals surface area contributed by atoms with Gasteiger partial charge in [-0.25, -0.2) is 4.39 Å². The maximum atomic E-state index is 13.0. The average Bonchev–Trinajstić information content (AvgIpc) is 3.17. The molecule has 152 valence electrons. The Bertz CT molecular complexity index is 750. The Kier molecular flexibility index (Phi) is 7.50. The van der Waals surface area contributed by atoms with Crippen LogP contribution in [0.2, 0.25) is 0 Å². The fraction of sp³-hybridized carbons (Fsp3) is 0.550. The summed E-state index contributed by atoms with van der Waals surface area (Å²) in [4.78, 5) is 18.9. The molecule has 1 aromatic carbocycles. The standard InChI is InChI=1S/C20H27FN4O3/c1-2-27-12-4-10-22-20(26)16-5-3-11-25(13-16)14-18-23-19(24-28-18)15-6-8-17(21)9-7-15/h6-9,16H,2-5,10-14H2,1H3,(H,22,26). The molecule has 3 rings (SSSR count). The van der Waals surface area contributed by atoms with Crippen molar-refractivity contribution >= 4 is 5.91 Å². The Hall–Kier alpha value is -2.32. The number of benzene rings is 1. The summed E-state index contributed by atoms with van der Waals surface area (Å²) in [7, 11) is 0. The van der Waals surface area contributed by atoms with Crippen molar-refractivity contribution < 1.29 is 18.4 Å². The van der Waals surface area contributed by atoms with Crippen LogP contribution in [0, 0.1) is 11.7 Å². The van der Waals surface area contributed by atoms with Crippen LogP contribution in [0.4, 0.5) is 4.39 Å². The lowest BCUT2D eigenvalue weighted by molar-refractivity contribution is -0.126. The van der Waals surface area contributed by atoms with Crippen LogP contribution in [0.15, 0.2) is 28.8 Å². The Morgan fingerprint density at radius 1 is 1.39 bits per heavy atom. The van der Waals surface area contributed by atoms with E-state index in [0.29, 0.717) is 50.1 Å². The van der Waals surface area contributed by atoms with E-state index < -0.39 is 0 Å². The topological polar surface area (TPSA) is 80.5 Å². The number of hydrogen-bond acceptors (Lipinski definition) is 6. The molecule has 2 heterocycles. The van der Waals surface area contributed by atoms with Crippen molar-refractivity contribution in [1.82, 2.24) is 20.4 Å². The van der Waals surface area contributed by atoms with Crippen molar-refractivity contribution in [1.29, 1.82) is 0 Å². The lowest BCUT2D eigenvalue weighted by atomic mass is 9.97. The molecular formula is C20H27FN4O3. The van der Waals surface area contributed by atoms with Crippen LogP contribution in [-0.4, -0.2) is 53.8 Å². The molecule has 0 saturated carbocycles. The van der Waals surface area contributed by atoms with Crippen molar-refractivity contribution in [3.05, 3.63) is 36.0 Å². The average molecular weight is 390 g/mol. The van der Waals surface area contributed by atoms with Crippen LogP contribution >= 0.6 is 0 Å². The van der Waals surface area contributed by atoms with Gasteiger partial charge in [0.05, 0.1) is 12.5 Å². The molecule has 2 aromatic rings. The van der Waals surface area contributed by atoms with E-state index >= 15 is 0 Å². The predicted octanol–water partition coefficient (Wildman–Crippen LogP) is 2.63. The molecule has 1 aromatic heterocycles. The van der Waals surface area contributed by atoms with Gasteiger partial charge >= 0.3 is 0 Å². The van der Waals surface area contributed by atoms with Gasteiger partial charge in [0.25, 0.3) is 0 Å². The van der Waals surface area contributed by atoms with Gasteiger partial charge in [0.15, 0.2) is 0 Å². The first-order valence-corrected chi connectivity index (χ1v) is 9.82. The Morgan fingerprint density at radius 2 is 2.21 bits per heavy atom. The summed E-state index contributed by atoms with van der Waals surface area (Å²) >= 11 is 0. The van der Waals surface area contributed by atoms with Crippen molar-refractivity contribution in [2.24, 2.45) is 5.92 Å². The first kappa shape index (κ1) is 20.4. The molecule has 1 atom stereocenters. The highest BCUT2D eigenvalue weighted by molar-refractivity contribution is 5.78. The first-order valence-electron chi connectivity index (χ1n) is 9.82. The maximum absolute atomic E-state index is 13.0. The summed E-state index contributed by atoms with van der Waals surface area (Å²) in [6, 6.07) is 5.98. The molecule has 28 heavy (non-hydrogen) atoms. The van der Waals surface area contributed by atoms with Crippen LogP contribution < -0.4 is 5.32 Å². The number of aromatic nitrogens is 2. The second-order valence-corrected chi connectivity index (χ2v) is 6.93. The Labute approximate surface area is 164 Å². The van der Waals surface area contributed by atoms with Crippen LogP contribution in [0.1, 0.15) is 32.1 Å². The van der Waals surface area contributed by atoms with Crippen LogP contribution in [-0.2, 0) is 16.1 Å². The number of hydrogen-bond donors (Lipinski definition) is 1. The maximum Gasteiger partial charge on any atom is 0.241 e. The molecule has 1 amide bonds. The summed E-state index contributed by atoms with van der Waals surface area (Å²) in [5.41, 5.74) is 0.708. The number of nitrogens with one attached hydrogen (secondary N) is 1. The highest BCUT2D eigenvalue weighted by atomic mass is 19.1. The molecule has 0 bridgehead atoms. The molecule has 7 nitrogen and oxygen atoms in total. The zero-order valence-corrected chi connectivity index (χ0v) is 16.2. The smallest absolute Gasteiger partial charge is 0.241 e. The van der Waals surface area contributed by atoms with E-state index in [1.165, 1.54) is 12.1 Å². The Morgan fingerprint density at radius 3 is 3.00 bits per heavy atom. The fourth-order valence-electron chi connectivity index (χ4n) is 3.31. The molecule has 1 N–H and O–H groups in total. The second kappa shape index (κ2) is 10.3. The molecule has 1 unspecified atom stereocenters. The minimum absolute atomic E-state index is 0.0275. The van der Waals surface area contributed by atoms with Crippen LogP contribution in [0.5, 0.6) is 0 Å². The molecule has 0 spiro atoms. The number of carbonyl (C=O) groups is 1. The molecule has 0 radical (unpaired) electrons. The van der Waals surface area contributed by atoms with Gasteiger partial charge in [-0.15, -0.1) is 0 Å². The first-order chi connectivity index (χ1) is 13.7. The van der Waals surface area contributed by atoms with Gasteiger partial charge in [-0.2, -0.15) is 4.98 Å². The number of halogens is 1. The lowest BCUT2D eigenvalue weighted by Gasteiger charge is -2.30. The summed E-state index contributed by atoms with van der Waals surface area (Å²) in [6.07, 6.45) is 2.67. The quantitative estimate of drug-likeness (QED) is 0.663. The van der Waals surface area contributed by atoms with E-state index in [2.05, 4.69) is 20.4 Å². The van der Waals surface area contributed by atoms with Gasteiger partial charge in [-0.05, 0) is 57.0 Å². The van der Waals surface area contributed by atoms with E-state index in [9.17, 15) is 9.18 Å². The molecule has 8 heteroatoms. The molecular weight excluding hydrogens is 363 g/mol. The van der Waals surface area contributed by atoms with Gasteiger partial charge < -0.3 is 14.6 Å². The van der Waals surface area contributed by atoms with Crippen molar-refractivity contribution in [3.8, 4) is 11.4 Å². The molecule has 1 aliphatic rings.